The third-order valence-electron chi connectivity index (χ3n) is 7.96. The highest BCUT2D eigenvalue weighted by molar-refractivity contribution is 5.97. The molecule has 2 aromatic carbocycles. The van der Waals surface area contributed by atoms with E-state index in [9.17, 15) is 9.59 Å². The highest BCUT2D eigenvalue weighted by atomic mass is 16.6. The van der Waals surface area contributed by atoms with Crippen molar-refractivity contribution in [1.82, 2.24) is 14.9 Å². The topological polar surface area (TPSA) is 72.4 Å². The van der Waals surface area contributed by atoms with Gasteiger partial charge in [0.25, 0.3) is 0 Å². The molecule has 1 aromatic heterocycles. The van der Waals surface area contributed by atoms with Crippen molar-refractivity contribution in [2.75, 3.05) is 6.61 Å². The van der Waals surface area contributed by atoms with Crippen molar-refractivity contribution >= 4 is 11.9 Å². The van der Waals surface area contributed by atoms with Crippen molar-refractivity contribution in [2.24, 2.45) is 5.92 Å². The van der Waals surface area contributed by atoms with E-state index >= 15 is 0 Å². The average molecular weight is 468 g/mol. The zero-order chi connectivity index (χ0) is 23.9. The van der Waals surface area contributed by atoms with Crippen LogP contribution < -0.4 is 0 Å². The maximum atomic E-state index is 13.4. The predicted octanol–water partition coefficient (Wildman–Crippen LogP) is 5.55. The van der Waals surface area contributed by atoms with E-state index in [2.05, 4.69) is 46.4 Å². The molecule has 35 heavy (non-hydrogen) atoms. The minimum atomic E-state index is -0.244. The lowest BCUT2D eigenvalue weighted by Gasteiger charge is -2.47. The van der Waals surface area contributed by atoms with Crippen molar-refractivity contribution in [3.05, 3.63) is 83.4 Å². The van der Waals surface area contributed by atoms with Crippen LogP contribution in [0, 0.1) is 12.8 Å². The first-order valence-electron chi connectivity index (χ1n) is 12.6. The van der Waals surface area contributed by atoms with Crippen molar-refractivity contribution in [1.29, 1.82) is 0 Å². The number of fused-ring (bicyclic) bond motifs is 5. The smallest absolute Gasteiger partial charge is 0.410 e. The van der Waals surface area contributed by atoms with Gasteiger partial charge in [0.05, 0.1) is 5.56 Å². The Morgan fingerprint density at radius 2 is 1.49 bits per heavy atom. The quantitative estimate of drug-likeness (QED) is 0.471. The van der Waals surface area contributed by atoms with Crippen LogP contribution >= 0.6 is 0 Å². The molecule has 6 rings (SSSR count). The van der Waals surface area contributed by atoms with Gasteiger partial charge < -0.3 is 9.64 Å². The summed E-state index contributed by atoms with van der Waals surface area (Å²) < 4.78 is 5.99. The van der Waals surface area contributed by atoms with Gasteiger partial charge in [0.15, 0.2) is 5.78 Å². The fraction of sp³-hybridized carbons (Fsp3) is 0.379. The van der Waals surface area contributed by atoms with Crippen molar-refractivity contribution in [2.45, 2.75) is 57.0 Å². The molecule has 0 saturated carbocycles. The van der Waals surface area contributed by atoms with E-state index < -0.39 is 0 Å². The number of hydrogen-bond donors (Lipinski definition) is 0. The van der Waals surface area contributed by atoms with Crippen LogP contribution in [0.2, 0.25) is 0 Å². The monoisotopic (exact) mass is 467 g/mol. The first kappa shape index (κ1) is 22.0. The average Bonchev–Trinajstić information content (AvgIpc) is 3.20. The lowest BCUT2D eigenvalue weighted by Crippen LogP contribution is -2.55. The van der Waals surface area contributed by atoms with Crippen molar-refractivity contribution < 1.29 is 14.3 Å². The molecular formula is C29H29N3O3. The van der Waals surface area contributed by atoms with Gasteiger partial charge in [-0.3, -0.25) is 4.79 Å². The number of rotatable bonds is 4. The number of piperidine rings is 2. The number of ether oxygens (including phenoxy) is 1. The van der Waals surface area contributed by atoms with Gasteiger partial charge in [0.2, 0.25) is 0 Å². The Kier molecular flexibility index (Phi) is 5.59. The first-order chi connectivity index (χ1) is 17.1. The third kappa shape index (κ3) is 3.91. The number of carbonyl (C=O) groups is 2. The Hall–Kier alpha value is -3.54. The van der Waals surface area contributed by atoms with Crippen LogP contribution in [-0.2, 0) is 4.74 Å². The molecule has 0 radical (unpaired) electrons. The summed E-state index contributed by atoms with van der Waals surface area (Å²) in [6.07, 6.45) is 7.25. The highest BCUT2D eigenvalue weighted by Gasteiger charge is 2.44. The SMILES string of the molecule is Cc1ncc(C(=O)C2CC3CCCC(C2)N3C(=O)OCC2c3ccccc3-c3ccccc32)cn1. The Morgan fingerprint density at radius 1 is 0.914 bits per heavy atom. The highest BCUT2D eigenvalue weighted by Crippen LogP contribution is 2.45. The number of Topliss-reactive ketones (excluding diaryl/α,β-unsaturated/α-hetero) is 1. The lowest BCUT2D eigenvalue weighted by atomic mass is 9.76. The number of aryl methyl sites for hydroxylation is 1. The Morgan fingerprint density at radius 3 is 2.09 bits per heavy atom. The minimum absolute atomic E-state index is 0.0402. The predicted molar refractivity (Wildman–Crippen MR) is 132 cm³/mol. The van der Waals surface area contributed by atoms with E-state index in [1.54, 1.807) is 12.4 Å². The van der Waals surface area contributed by atoms with E-state index in [0.717, 1.165) is 19.3 Å². The summed E-state index contributed by atoms with van der Waals surface area (Å²) in [6.45, 7) is 2.14. The third-order valence-corrected chi connectivity index (χ3v) is 7.96. The Balaban J connectivity index is 1.16. The Labute approximate surface area is 205 Å². The summed E-state index contributed by atoms with van der Waals surface area (Å²) in [5.41, 5.74) is 5.44. The van der Waals surface area contributed by atoms with Gasteiger partial charge in [-0.2, -0.15) is 0 Å². The molecule has 0 N–H and O–H groups in total. The molecule has 6 heteroatoms. The molecule has 178 valence electrons. The second-order valence-corrected chi connectivity index (χ2v) is 10.0. The minimum Gasteiger partial charge on any atom is -0.448 e. The van der Waals surface area contributed by atoms with E-state index in [0.29, 0.717) is 30.8 Å². The van der Waals surface area contributed by atoms with E-state index in [1.807, 2.05) is 24.0 Å². The van der Waals surface area contributed by atoms with Gasteiger partial charge >= 0.3 is 6.09 Å². The zero-order valence-electron chi connectivity index (χ0n) is 19.9. The molecule has 3 aliphatic rings. The molecule has 0 spiro atoms. The molecular weight excluding hydrogens is 438 g/mol. The summed E-state index contributed by atoms with van der Waals surface area (Å²) in [4.78, 5) is 36.8. The second-order valence-electron chi connectivity index (χ2n) is 10.0. The molecule has 2 aliphatic heterocycles. The number of nitrogens with zero attached hydrogens (tertiary/aromatic N) is 3. The van der Waals surface area contributed by atoms with Crippen LogP contribution in [0.3, 0.4) is 0 Å². The van der Waals surface area contributed by atoms with Gasteiger partial charge in [0.1, 0.15) is 12.4 Å². The number of carbonyl (C=O) groups excluding carboxylic acids is 2. The zero-order valence-corrected chi connectivity index (χ0v) is 19.9. The Bertz CT molecular complexity index is 1210. The number of aromatic nitrogens is 2. The van der Waals surface area contributed by atoms with Crippen LogP contribution in [0.15, 0.2) is 60.9 Å². The van der Waals surface area contributed by atoms with Crippen LogP contribution in [0.1, 0.15) is 65.3 Å². The fourth-order valence-corrected chi connectivity index (χ4v) is 6.32. The molecule has 2 saturated heterocycles. The summed E-state index contributed by atoms with van der Waals surface area (Å²) >= 11 is 0. The number of hydrogen-bond acceptors (Lipinski definition) is 5. The summed E-state index contributed by atoms with van der Waals surface area (Å²) in [5.74, 6) is 0.693. The van der Waals surface area contributed by atoms with Gasteiger partial charge in [-0.05, 0) is 61.3 Å². The molecule has 3 aromatic rings. The van der Waals surface area contributed by atoms with E-state index in [-0.39, 0.29) is 35.8 Å². The van der Waals surface area contributed by atoms with Crippen molar-refractivity contribution in [3.8, 4) is 11.1 Å². The maximum absolute atomic E-state index is 13.4. The molecule has 2 fully saturated rings. The van der Waals surface area contributed by atoms with Gasteiger partial charge in [-0.25, -0.2) is 14.8 Å². The van der Waals surface area contributed by atoms with Crippen LogP contribution in [0.25, 0.3) is 11.1 Å². The normalized spacial score (nSPS) is 22.9. The number of benzene rings is 2. The molecule has 1 amide bonds. The second kappa shape index (κ2) is 8.91. The lowest BCUT2D eigenvalue weighted by molar-refractivity contribution is 0.00649. The van der Waals surface area contributed by atoms with Crippen LogP contribution in [0.4, 0.5) is 4.79 Å². The first-order valence-corrected chi connectivity index (χ1v) is 12.6. The van der Waals surface area contributed by atoms with E-state index in [1.165, 1.54) is 22.3 Å². The van der Waals surface area contributed by atoms with Gasteiger partial charge in [-0.1, -0.05) is 48.5 Å². The largest absolute Gasteiger partial charge is 0.448 e. The van der Waals surface area contributed by atoms with Gasteiger partial charge in [0, 0.05) is 36.3 Å². The number of amides is 1. The summed E-state index contributed by atoms with van der Waals surface area (Å²) in [5, 5.41) is 0. The maximum Gasteiger partial charge on any atom is 0.410 e. The molecule has 2 unspecified atom stereocenters. The number of ketones is 1. The fourth-order valence-electron chi connectivity index (χ4n) is 6.32. The van der Waals surface area contributed by atoms with E-state index in [4.69, 9.17) is 4.74 Å². The molecule has 2 atom stereocenters. The molecule has 3 heterocycles. The van der Waals surface area contributed by atoms with Gasteiger partial charge in [-0.15, -0.1) is 0 Å². The molecule has 2 bridgehead atoms. The van der Waals surface area contributed by atoms with Crippen LogP contribution in [-0.4, -0.2) is 45.4 Å². The summed E-state index contributed by atoms with van der Waals surface area (Å²) in [7, 11) is 0. The van der Waals surface area contributed by atoms with Crippen molar-refractivity contribution in [3.63, 3.8) is 0 Å². The standard InChI is InChI=1S/C29H29N3O3/c1-18-30-15-20(16-31-18)28(33)19-13-21-7-6-8-22(14-19)32(21)29(34)35-17-27-25-11-4-2-9-23(25)24-10-3-5-12-26(24)27/h2-5,9-12,15-16,19,21-22,27H,6-8,13-14,17H2,1H3. The molecule has 1 aliphatic carbocycles. The van der Waals surface area contributed by atoms with Crippen LogP contribution in [0.5, 0.6) is 0 Å². The summed E-state index contributed by atoms with van der Waals surface area (Å²) in [6, 6.07) is 16.8. The molecule has 6 nitrogen and oxygen atoms in total.